The molecule has 4 atom stereocenters. The van der Waals surface area contributed by atoms with Crippen LogP contribution in [-0.2, 0) is 14.2 Å². The highest BCUT2D eigenvalue weighted by atomic mass is 16.8. The molecule has 3 aliphatic rings. The summed E-state index contributed by atoms with van der Waals surface area (Å²) < 4.78 is 19.5. The maximum Gasteiger partial charge on any atom is 0.330 e. The number of ether oxygens (including phenoxy) is 3. The molecule has 1 N–H and O–H groups in total. The lowest BCUT2D eigenvalue weighted by molar-refractivity contribution is -0.198. The summed E-state index contributed by atoms with van der Waals surface area (Å²) >= 11 is 0. The van der Waals surface area contributed by atoms with E-state index in [1.54, 1.807) is 0 Å². The molecule has 3 heterocycles. The molecule has 4 rings (SSSR count). The minimum atomic E-state index is -0.733. The van der Waals surface area contributed by atoms with Gasteiger partial charge in [0.15, 0.2) is 12.0 Å². The molecule has 7 heteroatoms. The first-order chi connectivity index (χ1) is 11.4. The molecule has 0 saturated carbocycles. The molecule has 0 unspecified atom stereocenters. The summed E-state index contributed by atoms with van der Waals surface area (Å²) in [6.07, 6.45) is 8.95. The van der Waals surface area contributed by atoms with Crippen molar-refractivity contribution in [1.82, 2.24) is 9.55 Å². The molecular weight excluding hydrogens is 312 g/mol. The Labute approximate surface area is 138 Å². The molecule has 2 saturated heterocycles. The van der Waals surface area contributed by atoms with E-state index in [-0.39, 0.29) is 18.1 Å². The summed E-state index contributed by atoms with van der Waals surface area (Å²) in [5.74, 6) is -0.447. The van der Waals surface area contributed by atoms with E-state index in [0.29, 0.717) is 0 Å². The highest BCUT2D eigenvalue weighted by Crippen LogP contribution is 2.44. The number of hydrogen-bond donors (Lipinski definition) is 1. The average molecular weight is 332 g/mol. The third-order valence-corrected chi connectivity index (χ3v) is 4.58. The van der Waals surface area contributed by atoms with Crippen molar-refractivity contribution in [3.63, 3.8) is 0 Å². The molecular formula is C17H20N2O5. The normalized spacial score (nSPS) is 34.1. The lowest BCUT2D eigenvalue weighted by Crippen LogP contribution is -2.37. The van der Waals surface area contributed by atoms with Gasteiger partial charge in [-0.15, -0.1) is 0 Å². The number of H-pyrrole nitrogens is 1. The summed E-state index contributed by atoms with van der Waals surface area (Å²) in [5.41, 5.74) is -0.951. The fraction of sp³-hybridized carbons (Fsp3) is 0.529. The van der Waals surface area contributed by atoms with Crippen LogP contribution in [0.2, 0.25) is 0 Å². The van der Waals surface area contributed by atoms with Crippen molar-refractivity contribution in [2.24, 2.45) is 5.92 Å². The zero-order chi connectivity index (χ0) is 16.9. The number of aromatic nitrogens is 2. The molecule has 128 valence electrons. The Bertz CT molecular complexity index is 794. The van der Waals surface area contributed by atoms with Crippen molar-refractivity contribution < 1.29 is 14.2 Å². The predicted molar refractivity (Wildman–Crippen MR) is 85.4 cm³/mol. The number of nitrogens with zero attached hydrogens (tertiary/aromatic N) is 1. The summed E-state index contributed by atoms with van der Waals surface area (Å²) in [6, 6.07) is 1.30. The van der Waals surface area contributed by atoms with Crippen molar-refractivity contribution in [1.29, 1.82) is 0 Å². The molecule has 1 aromatic heterocycles. The number of nitrogens with one attached hydrogen (secondary N) is 1. The third kappa shape index (κ3) is 2.68. The van der Waals surface area contributed by atoms with E-state index in [9.17, 15) is 9.59 Å². The van der Waals surface area contributed by atoms with Crippen molar-refractivity contribution in [3.8, 4) is 0 Å². The molecule has 24 heavy (non-hydrogen) atoms. The van der Waals surface area contributed by atoms with Crippen molar-refractivity contribution >= 4 is 0 Å². The van der Waals surface area contributed by atoms with Gasteiger partial charge >= 0.3 is 5.69 Å². The van der Waals surface area contributed by atoms with Gasteiger partial charge in [0.05, 0.1) is 6.10 Å². The maximum atomic E-state index is 12.1. The van der Waals surface area contributed by atoms with Crippen LogP contribution < -0.4 is 11.2 Å². The lowest BCUT2D eigenvalue weighted by atomic mass is 9.99. The first-order valence-electron chi connectivity index (χ1n) is 8.10. The zero-order valence-corrected chi connectivity index (χ0v) is 13.5. The Morgan fingerprint density at radius 2 is 1.88 bits per heavy atom. The van der Waals surface area contributed by atoms with Crippen LogP contribution in [0, 0.1) is 5.92 Å². The van der Waals surface area contributed by atoms with E-state index in [4.69, 9.17) is 14.2 Å². The number of aromatic amines is 1. The van der Waals surface area contributed by atoms with Gasteiger partial charge < -0.3 is 14.2 Å². The highest BCUT2D eigenvalue weighted by molar-refractivity contribution is 5.18. The van der Waals surface area contributed by atoms with Gasteiger partial charge in [-0.25, -0.2) is 4.79 Å². The van der Waals surface area contributed by atoms with Gasteiger partial charge in [0.1, 0.15) is 12.2 Å². The van der Waals surface area contributed by atoms with Crippen LogP contribution >= 0.6 is 0 Å². The van der Waals surface area contributed by atoms with Crippen LogP contribution in [0.5, 0.6) is 0 Å². The summed E-state index contributed by atoms with van der Waals surface area (Å²) in [6.45, 7) is 3.70. The number of hydrogen-bond acceptors (Lipinski definition) is 5. The second-order valence-electron chi connectivity index (χ2n) is 6.82. The fourth-order valence-electron chi connectivity index (χ4n) is 3.60. The molecule has 0 spiro atoms. The summed E-state index contributed by atoms with van der Waals surface area (Å²) in [4.78, 5) is 25.7. The van der Waals surface area contributed by atoms with Crippen molar-refractivity contribution in [2.75, 3.05) is 0 Å². The van der Waals surface area contributed by atoms with Gasteiger partial charge in [0, 0.05) is 12.3 Å². The van der Waals surface area contributed by atoms with Crippen molar-refractivity contribution in [3.05, 3.63) is 57.4 Å². The first-order valence-corrected chi connectivity index (χ1v) is 8.10. The van der Waals surface area contributed by atoms with Gasteiger partial charge in [-0.3, -0.25) is 14.3 Å². The van der Waals surface area contributed by atoms with Crippen LogP contribution in [0.15, 0.2) is 46.2 Å². The second kappa shape index (κ2) is 5.54. The van der Waals surface area contributed by atoms with Gasteiger partial charge in [0.25, 0.3) is 5.56 Å². The summed E-state index contributed by atoms with van der Waals surface area (Å²) in [5, 5.41) is 0. The molecule has 0 amide bonds. The smallest absolute Gasteiger partial charge is 0.330 e. The van der Waals surface area contributed by atoms with E-state index in [0.717, 1.165) is 6.42 Å². The van der Waals surface area contributed by atoms with E-state index < -0.39 is 29.4 Å². The molecule has 1 aliphatic carbocycles. The van der Waals surface area contributed by atoms with Crippen LogP contribution in [0.1, 0.15) is 26.5 Å². The molecule has 7 nitrogen and oxygen atoms in total. The van der Waals surface area contributed by atoms with E-state index in [1.165, 1.54) is 16.8 Å². The minimum absolute atomic E-state index is 0.196. The number of rotatable bonds is 3. The Hall–Kier alpha value is -1.96. The lowest BCUT2D eigenvalue weighted by Gasteiger charge is -2.25. The van der Waals surface area contributed by atoms with E-state index >= 15 is 0 Å². The highest BCUT2D eigenvalue weighted by Gasteiger charge is 2.56. The minimum Gasteiger partial charge on any atom is -0.349 e. The molecule has 1 aromatic rings. The van der Waals surface area contributed by atoms with E-state index in [2.05, 4.69) is 17.1 Å². The van der Waals surface area contributed by atoms with Gasteiger partial charge in [-0.2, -0.15) is 0 Å². The van der Waals surface area contributed by atoms with Crippen LogP contribution in [-0.4, -0.2) is 33.7 Å². The predicted octanol–water partition coefficient (Wildman–Crippen LogP) is 1.09. The van der Waals surface area contributed by atoms with Gasteiger partial charge in [0.2, 0.25) is 0 Å². The fourth-order valence-corrected chi connectivity index (χ4v) is 3.60. The Kier molecular flexibility index (Phi) is 3.59. The van der Waals surface area contributed by atoms with Crippen LogP contribution in [0.4, 0.5) is 0 Å². The van der Waals surface area contributed by atoms with Gasteiger partial charge in [-0.05, 0) is 26.2 Å². The van der Waals surface area contributed by atoms with E-state index in [1.807, 2.05) is 26.0 Å². The van der Waals surface area contributed by atoms with Crippen LogP contribution in [0.25, 0.3) is 0 Å². The quantitative estimate of drug-likeness (QED) is 0.896. The monoisotopic (exact) mass is 332 g/mol. The van der Waals surface area contributed by atoms with Gasteiger partial charge in [-0.1, -0.05) is 24.3 Å². The SMILES string of the molecule is CC1(C)O[C@@H]2[C@H](O1)[C@@H](CC1C=CC=C1)O[C@H]2n1ccc(=O)[nH]c1=O. The molecule has 2 fully saturated rings. The Balaban J connectivity index is 1.65. The topological polar surface area (TPSA) is 82.6 Å². The Morgan fingerprint density at radius 1 is 1.17 bits per heavy atom. The maximum absolute atomic E-state index is 12.1. The second-order valence-corrected chi connectivity index (χ2v) is 6.82. The standard InChI is InChI=1S/C17H20N2O5/c1-17(2)23-13-11(9-10-5-3-4-6-10)22-15(14(13)24-17)19-8-7-12(20)18-16(19)21/h3-8,10-11,13-15H,9H2,1-2H3,(H,18,20,21)/t11-,13-,14-,15-/m1/s1. The molecule has 0 radical (unpaired) electrons. The van der Waals surface area contributed by atoms with Crippen LogP contribution in [0.3, 0.4) is 0 Å². The number of allylic oxidation sites excluding steroid dienone is 4. The molecule has 0 aromatic carbocycles. The largest absolute Gasteiger partial charge is 0.349 e. The molecule has 0 bridgehead atoms. The average Bonchev–Trinajstić information content (AvgIpc) is 3.17. The Morgan fingerprint density at radius 3 is 2.58 bits per heavy atom. The molecule has 2 aliphatic heterocycles. The zero-order valence-electron chi connectivity index (χ0n) is 13.5. The number of fused-ring (bicyclic) bond motifs is 1. The summed E-state index contributed by atoms with van der Waals surface area (Å²) in [7, 11) is 0. The van der Waals surface area contributed by atoms with Crippen molar-refractivity contribution in [2.45, 2.75) is 50.6 Å². The third-order valence-electron chi connectivity index (χ3n) is 4.58. The first kappa shape index (κ1) is 15.6.